The van der Waals surface area contributed by atoms with Crippen LogP contribution in [-0.4, -0.2) is 31.7 Å². The van der Waals surface area contributed by atoms with Crippen molar-refractivity contribution in [1.82, 2.24) is 5.43 Å². The first-order valence-electron chi connectivity index (χ1n) is 10.7. The number of nitrogens with zero attached hydrogens (tertiary/aromatic N) is 1. The fourth-order valence-corrected chi connectivity index (χ4v) is 3.94. The number of carbonyl (C=O) groups is 2. The summed E-state index contributed by atoms with van der Waals surface area (Å²) in [7, 11) is 1.49. The number of hydrazone groups is 1. The molecule has 4 rings (SSSR count). The molecule has 0 saturated carbocycles. The third kappa shape index (κ3) is 6.36. The number of anilines is 1. The van der Waals surface area contributed by atoms with E-state index >= 15 is 0 Å². The monoisotopic (exact) mass is 579 g/mol. The summed E-state index contributed by atoms with van der Waals surface area (Å²) < 4.78 is 11.7. The van der Waals surface area contributed by atoms with E-state index in [1.54, 1.807) is 30.3 Å². The van der Waals surface area contributed by atoms with Crippen molar-refractivity contribution in [3.05, 3.63) is 99.6 Å². The minimum absolute atomic E-state index is 0.0756. The molecule has 0 aromatic heterocycles. The topological polar surface area (TPSA) is 89.0 Å². The molecule has 4 aromatic rings. The molecule has 176 valence electrons. The van der Waals surface area contributed by atoms with Crippen molar-refractivity contribution in [2.24, 2.45) is 5.10 Å². The van der Waals surface area contributed by atoms with Crippen molar-refractivity contribution in [2.45, 2.75) is 0 Å². The zero-order chi connectivity index (χ0) is 24.6. The SMILES string of the molecule is COc1cc(/C=N/NC(=O)CNc2ccc3ccccc3c2)ccc1OC(=O)c1ccccc1I. The fraction of sp³-hybridized carbons (Fsp3) is 0.0741. The van der Waals surface area contributed by atoms with Crippen LogP contribution in [0.1, 0.15) is 15.9 Å². The molecule has 0 spiro atoms. The number of halogens is 1. The molecule has 7 nitrogen and oxygen atoms in total. The highest BCUT2D eigenvalue weighted by Crippen LogP contribution is 2.29. The minimum Gasteiger partial charge on any atom is -0.493 e. The summed E-state index contributed by atoms with van der Waals surface area (Å²) >= 11 is 2.09. The number of amides is 1. The van der Waals surface area contributed by atoms with Crippen LogP contribution in [-0.2, 0) is 4.79 Å². The molecule has 0 aliphatic heterocycles. The summed E-state index contributed by atoms with van der Waals surface area (Å²) in [5.74, 6) is -0.0965. The van der Waals surface area contributed by atoms with Crippen molar-refractivity contribution >= 4 is 57.1 Å². The van der Waals surface area contributed by atoms with E-state index in [4.69, 9.17) is 9.47 Å². The van der Waals surface area contributed by atoms with Gasteiger partial charge in [-0.15, -0.1) is 0 Å². The molecule has 8 heteroatoms. The summed E-state index contributed by atoms with van der Waals surface area (Å²) in [5.41, 5.74) is 4.48. The van der Waals surface area contributed by atoms with Crippen LogP contribution in [0.15, 0.2) is 90.0 Å². The van der Waals surface area contributed by atoms with Crippen molar-refractivity contribution in [3.63, 3.8) is 0 Å². The standard InChI is InChI=1S/C27H22IN3O4/c1-34-25-14-18(10-13-24(25)35-27(33)22-8-4-5-9-23(22)28)16-30-31-26(32)17-29-21-12-11-19-6-2-3-7-20(19)15-21/h2-16,29H,17H2,1H3,(H,31,32)/b30-16+. The van der Waals surface area contributed by atoms with Crippen molar-refractivity contribution < 1.29 is 19.1 Å². The van der Waals surface area contributed by atoms with E-state index in [1.165, 1.54) is 13.3 Å². The second-order valence-electron chi connectivity index (χ2n) is 7.49. The van der Waals surface area contributed by atoms with E-state index in [2.05, 4.69) is 38.4 Å². The molecule has 4 aromatic carbocycles. The van der Waals surface area contributed by atoms with Gasteiger partial charge in [0.25, 0.3) is 5.91 Å². The number of rotatable bonds is 8. The van der Waals surface area contributed by atoms with Gasteiger partial charge in [-0.2, -0.15) is 5.10 Å². The van der Waals surface area contributed by atoms with Crippen LogP contribution in [0.3, 0.4) is 0 Å². The third-order valence-corrected chi connectivity index (χ3v) is 6.03. The third-order valence-electron chi connectivity index (χ3n) is 5.09. The van der Waals surface area contributed by atoms with Gasteiger partial charge in [0, 0.05) is 9.26 Å². The maximum atomic E-state index is 12.5. The quantitative estimate of drug-likeness (QED) is 0.0981. The smallest absolute Gasteiger partial charge is 0.344 e. The average Bonchev–Trinajstić information content (AvgIpc) is 2.88. The lowest BCUT2D eigenvalue weighted by Crippen LogP contribution is -2.25. The van der Waals surface area contributed by atoms with Crippen LogP contribution in [0.5, 0.6) is 11.5 Å². The molecule has 0 atom stereocenters. The molecule has 2 N–H and O–H groups in total. The van der Waals surface area contributed by atoms with E-state index in [-0.39, 0.29) is 18.2 Å². The van der Waals surface area contributed by atoms with Gasteiger partial charge in [0.2, 0.25) is 0 Å². The molecule has 1 amide bonds. The van der Waals surface area contributed by atoms with Crippen LogP contribution in [0, 0.1) is 3.57 Å². The Bertz CT molecular complexity index is 1400. The summed E-state index contributed by atoms with van der Waals surface area (Å²) in [5, 5.41) is 9.32. The van der Waals surface area contributed by atoms with Gasteiger partial charge in [-0.25, -0.2) is 10.2 Å². The highest BCUT2D eigenvalue weighted by Gasteiger charge is 2.15. The number of hydrogen-bond acceptors (Lipinski definition) is 6. The predicted molar refractivity (Wildman–Crippen MR) is 145 cm³/mol. The first kappa shape index (κ1) is 24.2. The lowest BCUT2D eigenvalue weighted by atomic mass is 10.1. The molecule has 0 unspecified atom stereocenters. The number of benzene rings is 4. The summed E-state index contributed by atoms with van der Waals surface area (Å²) in [6.45, 7) is 0.0756. The number of esters is 1. The number of methoxy groups -OCH3 is 1. The van der Waals surface area contributed by atoms with Gasteiger partial charge >= 0.3 is 5.97 Å². The Balaban J connectivity index is 1.33. The van der Waals surface area contributed by atoms with Crippen LogP contribution >= 0.6 is 22.6 Å². The van der Waals surface area contributed by atoms with Gasteiger partial charge < -0.3 is 14.8 Å². The van der Waals surface area contributed by atoms with Crippen LogP contribution < -0.4 is 20.2 Å². The van der Waals surface area contributed by atoms with Crippen molar-refractivity contribution in [2.75, 3.05) is 19.0 Å². The van der Waals surface area contributed by atoms with E-state index < -0.39 is 5.97 Å². The molecule has 0 bridgehead atoms. The summed E-state index contributed by atoms with van der Waals surface area (Å²) in [4.78, 5) is 24.7. The molecule has 0 aliphatic rings. The first-order chi connectivity index (χ1) is 17.0. The van der Waals surface area contributed by atoms with Gasteiger partial charge in [0.15, 0.2) is 11.5 Å². The predicted octanol–water partition coefficient (Wildman–Crippen LogP) is 5.23. The zero-order valence-corrected chi connectivity index (χ0v) is 21.0. The van der Waals surface area contributed by atoms with E-state index in [0.717, 1.165) is 20.0 Å². The van der Waals surface area contributed by atoms with Crippen LogP contribution in [0.25, 0.3) is 10.8 Å². The van der Waals surface area contributed by atoms with Gasteiger partial charge in [-0.05, 0) is 81.4 Å². The lowest BCUT2D eigenvalue weighted by Gasteiger charge is -2.10. The number of hydrogen-bond donors (Lipinski definition) is 2. The van der Waals surface area contributed by atoms with Gasteiger partial charge in [0.05, 0.1) is 25.4 Å². The highest BCUT2D eigenvalue weighted by molar-refractivity contribution is 14.1. The molecular formula is C27H22IN3O4. The molecule has 0 aliphatic carbocycles. The number of nitrogens with one attached hydrogen (secondary N) is 2. The van der Waals surface area contributed by atoms with Gasteiger partial charge in [0.1, 0.15) is 0 Å². The Morgan fingerprint density at radius 1 is 0.914 bits per heavy atom. The second kappa shape index (κ2) is 11.5. The Morgan fingerprint density at radius 3 is 2.49 bits per heavy atom. The van der Waals surface area contributed by atoms with E-state index in [9.17, 15) is 9.59 Å². The lowest BCUT2D eigenvalue weighted by molar-refractivity contribution is -0.119. The second-order valence-corrected chi connectivity index (χ2v) is 8.65. The largest absolute Gasteiger partial charge is 0.493 e. The van der Waals surface area contributed by atoms with Gasteiger partial charge in [-0.1, -0.05) is 42.5 Å². The Hall–Kier alpha value is -3.92. The Labute approximate surface area is 216 Å². The van der Waals surface area contributed by atoms with E-state index in [1.807, 2.05) is 54.6 Å². The number of ether oxygens (including phenoxy) is 2. The Kier molecular flexibility index (Phi) is 7.94. The zero-order valence-electron chi connectivity index (χ0n) is 18.8. The van der Waals surface area contributed by atoms with Crippen molar-refractivity contribution in [1.29, 1.82) is 0 Å². The van der Waals surface area contributed by atoms with Gasteiger partial charge in [-0.3, -0.25) is 4.79 Å². The molecule has 0 saturated heterocycles. The maximum absolute atomic E-state index is 12.5. The summed E-state index contributed by atoms with van der Waals surface area (Å²) in [6.07, 6.45) is 1.49. The van der Waals surface area contributed by atoms with Crippen LogP contribution in [0.2, 0.25) is 0 Å². The molecule has 0 fully saturated rings. The molecule has 35 heavy (non-hydrogen) atoms. The van der Waals surface area contributed by atoms with Crippen molar-refractivity contribution in [3.8, 4) is 11.5 Å². The number of carbonyl (C=O) groups excluding carboxylic acids is 2. The normalized spacial score (nSPS) is 10.8. The molecular weight excluding hydrogens is 557 g/mol. The fourth-order valence-electron chi connectivity index (χ4n) is 3.33. The van der Waals surface area contributed by atoms with E-state index in [0.29, 0.717) is 16.9 Å². The summed E-state index contributed by atoms with van der Waals surface area (Å²) in [6, 6.07) is 26.1. The highest BCUT2D eigenvalue weighted by atomic mass is 127. The molecule has 0 radical (unpaired) electrons. The van der Waals surface area contributed by atoms with Crippen LogP contribution in [0.4, 0.5) is 5.69 Å². The maximum Gasteiger partial charge on any atom is 0.344 e. The first-order valence-corrected chi connectivity index (χ1v) is 11.8. The Morgan fingerprint density at radius 2 is 1.69 bits per heavy atom. The minimum atomic E-state index is -0.471. The number of fused-ring (bicyclic) bond motifs is 1. The molecule has 0 heterocycles. The average molecular weight is 579 g/mol.